The lowest BCUT2D eigenvalue weighted by molar-refractivity contribution is -0.158. The number of ether oxygens (including phenoxy) is 1. The molecule has 1 aromatic rings. The second-order valence-electron chi connectivity index (χ2n) is 8.67. The average Bonchev–Trinajstić information content (AvgIpc) is 2.81. The van der Waals surface area contributed by atoms with Crippen LogP contribution in [0.2, 0.25) is 0 Å². The minimum atomic E-state index is -0.307. The predicted octanol–water partition coefficient (Wildman–Crippen LogP) is 5.21. The number of hydrogen-bond donors (Lipinski definition) is 1. The predicted molar refractivity (Wildman–Crippen MR) is 127 cm³/mol. The highest BCUT2D eigenvalue weighted by Crippen LogP contribution is 2.37. The van der Waals surface area contributed by atoms with Gasteiger partial charge in [0.1, 0.15) is 0 Å². The number of piperidine rings is 1. The second kappa shape index (κ2) is 12.5. The summed E-state index contributed by atoms with van der Waals surface area (Å²) in [6.45, 7) is 9.16. The molecule has 0 bridgehead atoms. The van der Waals surface area contributed by atoms with Crippen molar-refractivity contribution in [2.45, 2.75) is 52.9 Å². The van der Waals surface area contributed by atoms with Crippen molar-refractivity contribution in [1.29, 1.82) is 0 Å². The van der Waals surface area contributed by atoms with Gasteiger partial charge in [-0.3, -0.25) is 9.59 Å². The normalized spacial score (nSPS) is 23.2. The smallest absolute Gasteiger partial charge is 0.311 e. The van der Waals surface area contributed by atoms with Gasteiger partial charge in [0.05, 0.1) is 12.5 Å². The quantitative estimate of drug-likeness (QED) is 0.635. The average molecular weight is 427 g/mol. The van der Waals surface area contributed by atoms with Crippen LogP contribution in [0.3, 0.4) is 0 Å². The van der Waals surface area contributed by atoms with Crippen molar-refractivity contribution in [2.24, 2.45) is 11.3 Å². The van der Waals surface area contributed by atoms with E-state index in [1.807, 2.05) is 37.3 Å². The van der Waals surface area contributed by atoms with Crippen LogP contribution in [0.1, 0.15) is 52.9 Å². The van der Waals surface area contributed by atoms with E-state index in [0.717, 1.165) is 38.2 Å². The summed E-state index contributed by atoms with van der Waals surface area (Å²) >= 11 is 0. The second-order valence-corrected chi connectivity index (χ2v) is 8.67. The molecule has 1 saturated heterocycles. The number of carbonyl (C=O) groups excluding carboxylic acids is 2. The molecule has 0 aromatic heterocycles. The minimum Gasteiger partial charge on any atom is -0.469 e. The van der Waals surface area contributed by atoms with Gasteiger partial charge in [-0.2, -0.15) is 0 Å². The first-order chi connectivity index (χ1) is 14.9. The molecule has 0 saturated carbocycles. The maximum Gasteiger partial charge on any atom is 0.311 e. The van der Waals surface area contributed by atoms with Gasteiger partial charge in [0.15, 0.2) is 0 Å². The summed E-state index contributed by atoms with van der Waals surface area (Å²) in [6.07, 6.45) is 11.6. The summed E-state index contributed by atoms with van der Waals surface area (Å²) in [6, 6.07) is 9.44. The number of anilines is 1. The van der Waals surface area contributed by atoms with Gasteiger partial charge in [-0.15, -0.1) is 0 Å². The monoisotopic (exact) mass is 426 g/mol. The first-order valence-electron chi connectivity index (χ1n) is 11.4. The van der Waals surface area contributed by atoms with E-state index in [9.17, 15) is 9.59 Å². The van der Waals surface area contributed by atoms with E-state index >= 15 is 0 Å². The number of hydrogen-bond acceptors (Lipinski definition) is 4. The highest BCUT2D eigenvalue weighted by molar-refractivity contribution is 5.90. The number of benzene rings is 1. The number of nitrogens with one attached hydrogen (secondary N) is 1. The van der Waals surface area contributed by atoms with E-state index in [0.29, 0.717) is 12.3 Å². The third-order valence-electron chi connectivity index (χ3n) is 6.45. The van der Waals surface area contributed by atoms with Crippen LogP contribution in [0.4, 0.5) is 5.69 Å². The Labute approximate surface area is 187 Å². The largest absolute Gasteiger partial charge is 0.469 e. The summed E-state index contributed by atoms with van der Waals surface area (Å²) in [5.41, 5.74) is 2.11. The molecule has 1 fully saturated rings. The number of likely N-dealkylation sites (tertiary alicyclic amines) is 1. The Kier molecular flexibility index (Phi) is 9.99. The van der Waals surface area contributed by atoms with E-state index in [-0.39, 0.29) is 17.3 Å². The van der Waals surface area contributed by atoms with Crippen LogP contribution >= 0.6 is 0 Å². The molecule has 0 spiro atoms. The Bertz CT molecular complexity index is 772. The fourth-order valence-corrected chi connectivity index (χ4v) is 3.99. The Morgan fingerprint density at radius 2 is 2.00 bits per heavy atom. The fraction of sp³-hybridized carbons (Fsp3) is 0.538. The van der Waals surface area contributed by atoms with Gasteiger partial charge in [-0.25, -0.2) is 0 Å². The molecule has 5 heteroatoms. The molecule has 1 aromatic carbocycles. The van der Waals surface area contributed by atoms with E-state index in [4.69, 9.17) is 4.74 Å². The molecule has 1 amide bonds. The minimum absolute atomic E-state index is 0.0511. The standard InChI is InChI=1S/C17H27NO2.C9H11NO/c1-14-13-18(11-9-15-7-5-4-6-8-15)12-10-17(14,2)16(19)20-3;1-2-9(11)10-8-6-4-3-5-7-8/h4-5,7,14H,6,8-13H2,1-3H3;3-7H,2H2,1H3,(H,10,11)/t14-,17-;/m0./s1. The number of rotatable bonds is 6. The number of methoxy groups -OCH3 is 1. The molecule has 2 aliphatic rings. The maximum atomic E-state index is 12.0. The van der Waals surface area contributed by atoms with Gasteiger partial charge in [-0.1, -0.05) is 55.8 Å². The zero-order valence-electron chi connectivity index (χ0n) is 19.5. The van der Waals surface area contributed by atoms with Gasteiger partial charge in [0.25, 0.3) is 0 Å². The zero-order valence-corrected chi connectivity index (χ0v) is 19.5. The van der Waals surface area contributed by atoms with E-state index in [1.54, 1.807) is 5.57 Å². The van der Waals surface area contributed by atoms with Crippen LogP contribution in [0.15, 0.2) is 54.1 Å². The summed E-state index contributed by atoms with van der Waals surface area (Å²) < 4.78 is 4.98. The fourth-order valence-electron chi connectivity index (χ4n) is 3.99. The molecule has 0 unspecified atom stereocenters. The highest BCUT2D eigenvalue weighted by atomic mass is 16.5. The SMILES string of the molecule is CCC(=O)Nc1ccccc1.COC(=O)[C@@]1(C)CCN(CCC2=CC=CCC2)C[C@@H]1C. The Morgan fingerprint density at radius 3 is 2.58 bits per heavy atom. The van der Waals surface area contributed by atoms with Crippen LogP contribution in [0.25, 0.3) is 0 Å². The molecule has 1 heterocycles. The van der Waals surface area contributed by atoms with Gasteiger partial charge in [0.2, 0.25) is 5.91 Å². The number of nitrogens with zero attached hydrogens (tertiary/aromatic N) is 1. The van der Waals surface area contributed by atoms with Gasteiger partial charge in [0, 0.05) is 25.2 Å². The molecule has 170 valence electrons. The van der Waals surface area contributed by atoms with Gasteiger partial charge >= 0.3 is 5.97 Å². The lowest BCUT2D eigenvalue weighted by atomic mass is 9.72. The van der Waals surface area contributed by atoms with Crippen LogP contribution in [0.5, 0.6) is 0 Å². The lowest BCUT2D eigenvalue weighted by Crippen LogP contribution is -2.49. The van der Waals surface area contributed by atoms with Crippen molar-refractivity contribution in [2.75, 3.05) is 32.1 Å². The Hall–Kier alpha value is -2.40. The zero-order chi connectivity index (χ0) is 22.7. The van der Waals surface area contributed by atoms with E-state index < -0.39 is 0 Å². The Morgan fingerprint density at radius 1 is 1.26 bits per heavy atom. The summed E-state index contributed by atoms with van der Waals surface area (Å²) in [7, 11) is 1.50. The van der Waals surface area contributed by atoms with Crippen molar-refractivity contribution in [3.63, 3.8) is 0 Å². The first kappa shape index (κ1) is 24.9. The molecule has 1 aliphatic heterocycles. The summed E-state index contributed by atoms with van der Waals surface area (Å²) in [4.78, 5) is 25.3. The highest BCUT2D eigenvalue weighted by Gasteiger charge is 2.43. The van der Waals surface area contributed by atoms with Crippen LogP contribution < -0.4 is 5.32 Å². The molecule has 2 atom stereocenters. The third-order valence-corrected chi connectivity index (χ3v) is 6.45. The molecule has 1 aliphatic carbocycles. The molecule has 1 N–H and O–H groups in total. The van der Waals surface area contributed by atoms with Crippen LogP contribution in [0, 0.1) is 11.3 Å². The number of esters is 1. The van der Waals surface area contributed by atoms with Gasteiger partial charge < -0.3 is 15.0 Å². The van der Waals surface area contributed by atoms with Crippen LogP contribution in [-0.4, -0.2) is 43.5 Å². The number of amides is 1. The van der Waals surface area contributed by atoms with Crippen molar-refractivity contribution < 1.29 is 14.3 Å². The number of allylic oxidation sites excluding steroid dienone is 3. The Balaban J connectivity index is 0.000000262. The van der Waals surface area contributed by atoms with Crippen molar-refractivity contribution >= 4 is 17.6 Å². The lowest BCUT2D eigenvalue weighted by Gasteiger charge is -2.42. The molecule has 5 nitrogen and oxygen atoms in total. The van der Waals surface area contributed by atoms with Crippen LogP contribution in [-0.2, 0) is 14.3 Å². The van der Waals surface area contributed by atoms with Crippen molar-refractivity contribution in [1.82, 2.24) is 4.90 Å². The first-order valence-corrected chi connectivity index (χ1v) is 11.4. The molecular formula is C26H38N2O3. The molecular weight excluding hydrogens is 388 g/mol. The molecule has 3 rings (SSSR count). The topological polar surface area (TPSA) is 58.6 Å². The van der Waals surface area contributed by atoms with Gasteiger partial charge in [-0.05, 0) is 57.2 Å². The van der Waals surface area contributed by atoms with E-state index in [1.165, 1.54) is 20.0 Å². The summed E-state index contributed by atoms with van der Waals surface area (Å²) in [5.74, 6) is 0.352. The summed E-state index contributed by atoms with van der Waals surface area (Å²) in [5, 5.41) is 2.75. The number of para-hydroxylation sites is 1. The molecule has 0 radical (unpaired) electrons. The molecule has 31 heavy (non-hydrogen) atoms. The number of carbonyl (C=O) groups is 2. The van der Waals surface area contributed by atoms with Crippen molar-refractivity contribution in [3.05, 3.63) is 54.1 Å². The maximum absolute atomic E-state index is 12.0. The third kappa shape index (κ3) is 7.66. The van der Waals surface area contributed by atoms with Crippen molar-refractivity contribution in [3.8, 4) is 0 Å². The van der Waals surface area contributed by atoms with E-state index in [2.05, 4.69) is 42.3 Å².